The van der Waals surface area contributed by atoms with Crippen molar-refractivity contribution in [2.45, 2.75) is 59.0 Å². The molecule has 130 valence electrons. The molecule has 2 nitrogen and oxygen atoms in total. The van der Waals surface area contributed by atoms with Crippen molar-refractivity contribution in [3.05, 3.63) is 59.7 Å². The number of benzene rings is 2. The number of nitrogens with zero attached hydrogens (tertiary/aromatic N) is 1. The number of aryl methyl sites for hydroxylation is 2. The van der Waals surface area contributed by atoms with Gasteiger partial charge in [0.25, 0.3) is 0 Å². The first-order valence-electron chi connectivity index (χ1n) is 9.32. The van der Waals surface area contributed by atoms with Crippen molar-refractivity contribution in [3.63, 3.8) is 0 Å². The second-order valence-corrected chi connectivity index (χ2v) is 6.37. The Morgan fingerprint density at radius 2 is 1.33 bits per heavy atom. The number of anilines is 2. The summed E-state index contributed by atoms with van der Waals surface area (Å²) in [6.07, 6.45) is 4.72. The Morgan fingerprint density at radius 3 is 1.79 bits per heavy atom. The van der Waals surface area contributed by atoms with Gasteiger partial charge in [0.15, 0.2) is 0 Å². The van der Waals surface area contributed by atoms with Gasteiger partial charge < -0.3 is 10.0 Å². The third-order valence-corrected chi connectivity index (χ3v) is 4.61. The molecular formula is C22H31NO. The van der Waals surface area contributed by atoms with Gasteiger partial charge in [-0.3, -0.25) is 0 Å². The lowest BCUT2D eigenvalue weighted by atomic mass is 10.0. The molecule has 1 unspecified atom stereocenters. The van der Waals surface area contributed by atoms with Gasteiger partial charge in [0.2, 0.25) is 0 Å². The molecule has 24 heavy (non-hydrogen) atoms. The molecule has 0 radical (unpaired) electrons. The Bertz CT molecular complexity index is 575. The van der Waals surface area contributed by atoms with Crippen molar-refractivity contribution in [1.29, 1.82) is 0 Å². The molecule has 2 aromatic carbocycles. The molecule has 0 fully saturated rings. The summed E-state index contributed by atoms with van der Waals surface area (Å²) >= 11 is 0. The van der Waals surface area contributed by atoms with E-state index in [2.05, 4.69) is 74.2 Å². The van der Waals surface area contributed by atoms with Crippen LogP contribution in [0.15, 0.2) is 48.5 Å². The molecule has 0 heterocycles. The highest BCUT2D eigenvalue weighted by Gasteiger charge is 2.18. The van der Waals surface area contributed by atoms with E-state index in [0.29, 0.717) is 6.54 Å². The van der Waals surface area contributed by atoms with Crippen LogP contribution in [0.2, 0.25) is 0 Å². The lowest BCUT2D eigenvalue weighted by Crippen LogP contribution is -2.30. The molecule has 2 heteroatoms. The van der Waals surface area contributed by atoms with Crippen molar-refractivity contribution in [2.75, 3.05) is 11.4 Å². The van der Waals surface area contributed by atoms with Crippen LogP contribution in [0.5, 0.6) is 0 Å². The monoisotopic (exact) mass is 325 g/mol. The topological polar surface area (TPSA) is 23.5 Å². The zero-order valence-electron chi connectivity index (χ0n) is 15.3. The van der Waals surface area contributed by atoms with Crippen molar-refractivity contribution < 1.29 is 5.11 Å². The first-order valence-corrected chi connectivity index (χ1v) is 9.32. The number of hydrogen-bond acceptors (Lipinski definition) is 2. The molecule has 0 bridgehead atoms. The summed E-state index contributed by atoms with van der Waals surface area (Å²) in [5.74, 6) is 0. The van der Waals surface area contributed by atoms with E-state index in [1.165, 1.54) is 22.5 Å². The minimum Gasteiger partial charge on any atom is -0.391 e. The Labute approximate surface area is 147 Å². The lowest BCUT2D eigenvalue weighted by molar-refractivity contribution is 0.169. The number of hydrogen-bond donors (Lipinski definition) is 1. The van der Waals surface area contributed by atoms with E-state index >= 15 is 0 Å². The molecule has 1 N–H and O–H groups in total. The molecule has 0 aliphatic heterocycles. The highest BCUT2D eigenvalue weighted by Crippen LogP contribution is 2.32. The van der Waals surface area contributed by atoms with E-state index in [1.807, 2.05) is 0 Å². The molecule has 0 spiro atoms. The Kier molecular flexibility index (Phi) is 7.33. The van der Waals surface area contributed by atoms with Crippen LogP contribution in [0, 0.1) is 0 Å². The fraction of sp³-hybridized carbons (Fsp3) is 0.455. The van der Waals surface area contributed by atoms with Gasteiger partial charge in [0.05, 0.1) is 6.10 Å². The summed E-state index contributed by atoms with van der Waals surface area (Å²) in [4.78, 5) is 2.32. The zero-order valence-corrected chi connectivity index (χ0v) is 15.3. The SMILES string of the molecule is CCCCC(O)CN(c1ccccc1CC)c1ccccc1CC. The lowest BCUT2D eigenvalue weighted by Gasteiger charge is -2.31. The minimum absolute atomic E-state index is 0.306. The van der Waals surface area contributed by atoms with Crippen molar-refractivity contribution in [1.82, 2.24) is 0 Å². The van der Waals surface area contributed by atoms with Crippen LogP contribution in [0.4, 0.5) is 11.4 Å². The summed E-state index contributed by atoms with van der Waals surface area (Å²) in [6.45, 7) is 7.20. The van der Waals surface area contributed by atoms with Crippen LogP contribution in [0.3, 0.4) is 0 Å². The fourth-order valence-electron chi connectivity index (χ4n) is 3.21. The van der Waals surface area contributed by atoms with Gasteiger partial charge in [0, 0.05) is 17.9 Å². The molecule has 0 aliphatic rings. The zero-order chi connectivity index (χ0) is 17.4. The van der Waals surface area contributed by atoms with E-state index < -0.39 is 0 Å². The minimum atomic E-state index is -0.306. The van der Waals surface area contributed by atoms with Crippen LogP contribution in [0.25, 0.3) is 0 Å². The van der Waals surface area contributed by atoms with Crippen molar-refractivity contribution >= 4 is 11.4 Å². The van der Waals surface area contributed by atoms with Gasteiger partial charge in [-0.15, -0.1) is 0 Å². The Hall–Kier alpha value is -1.80. The molecule has 1 atom stereocenters. The highest BCUT2D eigenvalue weighted by atomic mass is 16.3. The average molecular weight is 325 g/mol. The maximum atomic E-state index is 10.6. The van der Waals surface area contributed by atoms with Crippen LogP contribution in [0.1, 0.15) is 51.2 Å². The average Bonchev–Trinajstić information content (AvgIpc) is 2.64. The number of aliphatic hydroxyl groups is 1. The van der Waals surface area contributed by atoms with Gasteiger partial charge in [-0.1, -0.05) is 70.0 Å². The first kappa shape index (κ1) is 18.5. The second-order valence-electron chi connectivity index (χ2n) is 6.37. The molecule has 0 saturated carbocycles. The maximum Gasteiger partial charge on any atom is 0.0719 e. The summed E-state index contributed by atoms with van der Waals surface area (Å²) in [7, 11) is 0. The van der Waals surface area contributed by atoms with Gasteiger partial charge in [-0.25, -0.2) is 0 Å². The molecule has 0 aliphatic carbocycles. The van der Waals surface area contributed by atoms with E-state index in [9.17, 15) is 5.11 Å². The van der Waals surface area contributed by atoms with Crippen molar-refractivity contribution in [2.24, 2.45) is 0 Å². The molecule has 0 aromatic heterocycles. The third-order valence-electron chi connectivity index (χ3n) is 4.61. The van der Waals surface area contributed by atoms with Crippen molar-refractivity contribution in [3.8, 4) is 0 Å². The Balaban J connectivity index is 2.41. The van der Waals surface area contributed by atoms with E-state index in [-0.39, 0.29) is 6.10 Å². The largest absolute Gasteiger partial charge is 0.391 e. The summed E-state index contributed by atoms with van der Waals surface area (Å²) in [6, 6.07) is 17.1. The Morgan fingerprint density at radius 1 is 0.833 bits per heavy atom. The smallest absolute Gasteiger partial charge is 0.0719 e. The fourth-order valence-corrected chi connectivity index (χ4v) is 3.21. The number of para-hydroxylation sites is 2. The number of unbranched alkanes of at least 4 members (excludes halogenated alkanes) is 1. The van der Waals surface area contributed by atoms with Gasteiger partial charge in [-0.2, -0.15) is 0 Å². The summed E-state index contributed by atoms with van der Waals surface area (Å²) in [5.41, 5.74) is 5.09. The van der Waals surface area contributed by atoms with E-state index in [1.54, 1.807) is 0 Å². The van der Waals surface area contributed by atoms with Crippen LogP contribution >= 0.6 is 0 Å². The van der Waals surface area contributed by atoms with Crippen LogP contribution in [-0.4, -0.2) is 17.8 Å². The third kappa shape index (κ3) is 4.61. The van der Waals surface area contributed by atoms with Crippen LogP contribution < -0.4 is 4.90 Å². The highest BCUT2D eigenvalue weighted by molar-refractivity contribution is 5.69. The van der Waals surface area contributed by atoms with E-state index in [4.69, 9.17) is 0 Å². The van der Waals surface area contributed by atoms with E-state index in [0.717, 1.165) is 32.1 Å². The summed E-state index contributed by atoms with van der Waals surface area (Å²) in [5, 5.41) is 10.6. The molecule has 2 aromatic rings. The molecule has 2 rings (SSSR count). The maximum absolute atomic E-state index is 10.6. The van der Waals surface area contributed by atoms with Gasteiger partial charge in [-0.05, 0) is 42.5 Å². The standard InChI is InChI=1S/C22H31NO/c1-4-7-14-20(24)17-23(21-15-10-8-12-18(21)5-2)22-16-11-9-13-19(22)6-3/h8-13,15-16,20,24H,4-7,14,17H2,1-3H3. The first-order chi connectivity index (χ1) is 11.7. The molecule has 0 amide bonds. The normalized spacial score (nSPS) is 12.2. The quantitative estimate of drug-likeness (QED) is 0.658. The molecular weight excluding hydrogens is 294 g/mol. The van der Waals surface area contributed by atoms with Crippen LogP contribution in [-0.2, 0) is 12.8 Å². The summed E-state index contributed by atoms with van der Waals surface area (Å²) < 4.78 is 0. The predicted molar refractivity (Wildman–Crippen MR) is 104 cm³/mol. The number of rotatable bonds is 9. The van der Waals surface area contributed by atoms with Gasteiger partial charge in [0.1, 0.15) is 0 Å². The number of aliphatic hydroxyl groups excluding tert-OH is 1. The second kappa shape index (κ2) is 9.48. The predicted octanol–water partition coefficient (Wildman–Crippen LogP) is 5.50. The molecule has 0 saturated heterocycles. The van der Waals surface area contributed by atoms with Gasteiger partial charge >= 0.3 is 0 Å².